The van der Waals surface area contributed by atoms with E-state index in [1.54, 1.807) is 24.3 Å². The quantitative estimate of drug-likeness (QED) is 0.850. The minimum atomic E-state index is -1.14. The molecule has 0 saturated heterocycles. The van der Waals surface area contributed by atoms with Gasteiger partial charge in [0.15, 0.2) is 5.69 Å². The van der Waals surface area contributed by atoms with Crippen molar-refractivity contribution in [2.75, 3.05) is 5.32 Å². The number of hydrogen-bond donors (Lipinski definition) is 2. The van der Waals surface area contributed by atoms with Gasteiger partial charge in [-0.3, -0.25) is 0 Å². The Balaban J connectivity index is 2.07. The molecule has 1 heterocycles. The molecule has 0 saturated carbocycles. The molecule has 18 heavy (non-hydrogen) atoms. The van der Waals surface area contributed by atoms with Crippen LogP contribution >= 0.6 is 0 Å². The lowest BCUT2D eigenvalue weighted by molar-refractivity contribution is 0.0690. The van der Waals surface area contributed by atoms with Gasteiger partial charge in [0.05, 0.1) is 17.8 Å². The van der Waals surface area contributed by atoms with Crippen LogP contribution in [0.2, 0.25) is 0 Å². The van der Waals surface area contributed by atoms with E-state index in [1.165, 1.54) is 0 Å². The molecule has 0 atom stereocenters. The second-order valence-electron chi connectivity index (χ2n) is 3.44. The minimum absolute atomic E-state index is 0.139. The summed E-state index contributed by atoms with van der Waals surface area (Å²) in [7, 11) is 0. The molecular formula is C12H9N3O3. The SMILES string of the molecule is N#Cc1ccccc1NCc1nc(C(=O)O)co1. The van der Waals surface area contributed by atoms with Gasteiger partial charge in [-0.05, 0) is 12.1 Å². The van der Waals surface area contributed by atoms with E-state index in [9.17, 15) is 4.79 Å². The van der Waals surface area contributed by atoms with Gasteiger partial charge < -0.3 is 14.8 Å². The first-order chi connectivity index (χ1) is 8.70. The summed E-state index contributed by atoms with van der Waals surface area (Å²) in [4.78, 5) is 14.4. The number of rotatable bonds is 4. The number of para-hydroxylation sites is 1. The van der Waals surface area contributed by atoms with E-state index in [2.05, 4.69) is 10.3 Å². The third-order valence-corrected chi connectivity index (χ3v) is 2.25. The second kappa shape index (κ2) is 5.01. The number of anilines is 1. The highest BCUT2D eigenvalue weighted by Gasteiger charge is 2.10. The number of aromatic carboxylic acids is 1. The Morgan fingerprint density at radius 1 is 1.50 bits per heavy atom. The minimum Gasteiger partial charge on any atom is -0.476 e. The monoisotopic (exact) mass is 243 g/mol. The fraction of sp³-hybridized carbons (Fsp3) is 0.0833. The Morgan fingerprint density at radius 2 is 2.28 bits per heavy atom. The number of hydrogen-bond acceptors (Lipinski definition) is 5. The highest BCUT2D eigenvalue weighted by atomic mass is 16.4. The number of nitrogens with one attached hydrogen (secondary N) is 1. The standard InChI is InChI=1S/C12H9N3O3/c13-5-8-3-1-2-4-9(8)14-6-11-15-10(7-18-11)12(16)17/h1-4,7,14H,6H2,(H,16,17). The second-order valence-corrected chi connectivity index (χ2v) is 3.44. The van der Waals surface area contributed by atoms with E-state index in [4.69, 9.17) is 14.8 Å². The number of carbonyl (C=O) groups is 1. The van der Waals surface area contributed by atoms with Gasteiger partial charge in [0.1, 0.15) is 12.3 Å². The zero-order valence-electron chi connectivity index (χ0n) is 9.25. The molecule has 1 aromatic carbocycles. The van der Waals surface area contributed by atoms with Crippen molar-refractivity contribution in [3.63, 3.8) is 0 Å². The first-order valence-corrected chi connectivity index (χ1v) is 5.11. The number of oxazole rings is 1. The van der Waals surface area contributed by atoms with E-state index >= 15 is 0 Å². The average molecular weight is 243 g/mol. The van der Waals surface area contributed by atoms with Gasteiger partial charge in [-0.1, -0.05) is 12.1 Å². The molecule has 2 aromatic rings. The van der Waals surface area contributed by atoms with Crippen LogP contribution in [0, 0.1) is 11.3 Å². The van der Waals surface area contributed by atoms with E-state index in [0.29, 0.717) is 11.3 Å². The molecule has 6 heteroatoms. The number of nitrogens with zero attached hydrogens (tertiary/aromatic N) is 2. The molecular weight excluding hydrogens is 234 g/mol. The molecule has 0 fully saturated rings. The molecule has 1 aromatic heterocycles. The maximum Gasteiger partial charge on any atom is 0.357 e. The third-order valence-electron chi connectivity index (χ3n) is 2.25. The van der Waals surface area contributed by atoms with Gasteiger partial charge in [-0.25, -0.2) is 9.78 Å². The Labute approximate surface area is 102 Å². The molecule has 0 aliphatic carbocycles. The highest BCUT2D eigenvalue weighted by Crippen LogP contribution is 2.14. The Hall–Kier alpha value is -2.81. The van der Waals surface area contributed by atoms with Crippen LogP contribution in [0.25, 0.3) is 0 Å². The van der Waals surface area contributed by atoms with Gasteiger partial charge >= 0.3 is 5.97 Å². The van der Waals surface area contributed by atoms with Crippen LogP contribution < -0.4 is 5.32 Å². The summed E-state index contributed by atoms with van der Waals surface area (Å²) >= 11 is 0. The van der Waals surface area contributed by atoms with Gasteiger partial charge in [-0.15, -0.1) is 0 Å². The Bertz CT molecular complexity index is 613. The fourth-order valence-corrected chi connectivity index (χ4v) is 1.40. The summed E-state index contributed by atoms with van der Waals surface area (Å²) in [5.41, 5.74) is 1.01. The van der Waals surface area contributed by atoms with Crippen molar-refractivity contribution in [2.45, 2.75) is 6.54 Å². The van der Waals surface area contributed by atoms with Gasteiger partial charge in [0.25, 0.3) is 0 Å². The molecule has 0 bridgehead atoms. The number of carboxylic acids is 1. The van der Waals surface area contributed by atoms with Crippen molar-refractivity contribution in [3.05, 3.63) is 47.7 Å². The largest absolute Gasteiger partial charge is 0.476 e. The van der Waals surface area contributed by atoms with E-state index in [-0.39, 0.29) is 18.1 Å². The Morgan fingerprint density at radius 3 is 2.94 bits per heavy atom. The molecule has 0 aliphatic rings. The summed E-state index contributed by atoms with van der Waals surface area (Å²) in [5, 5.41) is 20.5. The summed E-state index contributed by atoms with van der Waals surface area (Å²) in [5.74, 6) is -0.887. The maximum atomic E-state index is 10.6. The zero-order valence-corrected chi connectivity index (χ0v) is 9.25. The van der Waals surface area contributed by atoms with E-state index in [1.807, 2.05) is 6.07 Å². The highest BCUT2D eigenvalue weighted by molar-refractivity contribution is 5.84. The Kier molecular flexibility index (Phi) is 3.25. The van der Waals surface area contributed by atoms with Gasteiger partial charge in [-0.2, -0.15) is 5.26 Å². The maximum absolute atomic E-state index is 10.6. The van der Waals surface area contributed by atoms with Crippen molar-refractivity contribution >= 4 is 11.7 Å². The molecule has 0 spiro atoms. The molecule has 2 N–H and O–H groups in total. The zero-order chi connectivity index (χ0) is 13.0. The predicted molar refractivity (Wildman–Crippen MR) is 61.9 cm³/mol. The van der Waals surface area contributed by atoms with E-state index in [0.717, 1.165) is 6.26 Å². The van der Waals surface area contributed by atoms with Crippen LogP contribution in [-0.2, 0) is 6.54 Å². The van der Waals surface area contributed by atoms with E-state index < -0.39 is 5.97 Å². The topological polar surface area (TPSA) is 99.2 Å². The molecule has 2 rings (SSSR count). The first kappa shape index (κ1) is 11.7. The number of benzene rings is 1. The summed E-state index contributed by atoms with van der Waals surface area (Å²) in [6, 6.07) is 9.03. The van der Waals surface area contributed by atoms with Crippen molar-refractivity contribution in [1.29, 1.82) is 5.26 Å². The van der Waals surface area contributed by atoms with Crippen molar-refractivity contribution in [2.24, 2.45) is 0 Å². The predicted octanol–water partition coefficient (Wildman–Crippen LogP) is 1.86. The van der Waals surface area contributed by atoms with Crippen LogP contribution in [0.4, 0.5) is 5.69 Å². The lowest BCUT2D eigenvalue weighted by atomic mass is 10.2. The summed E-state index contributed by atoms with van der Waals surface area (Å²) in [6.45, 7) is 0.214. The molecule has 90 valence electrons. The van der Waals surface area contributed by atoms with Crippen molar-refractivity contribution < 1.29 is 14.3 Å². The van der Waals surface area contributed by atoms with Gasteiger partial charge in [0, 0.05) is 0 Å². The fourth-order valence-electron chi connectivity index (χ4n) is 1.40. The molecule has 0 radical (unpaired) electrons. The summed E-state index contributed by atoms with van der Waals surface area (Å²) in [6.07, 6.45) is 1.08. The smallest absolute Gasteiger partial charge is 0.357 e. The molecule has 0 unspecified atom stereocenters. The van der Waals surface area contributed by atoms with Crippen LogP contribution in [0.15, 0.2) is 34.9 Å². The summed E-state index contributed by atoms with van der Waals surface area (Å²) < 4.78 is 4.98. The van der Waals surface area contributed by atoms with Crippen molar-refractivity contribution in [3.8, 4) is 6.07 Å². The van der Waals surface area contributed by atoms with Crippen LogP contribution in [0.5, 0.6) is 0 Å². The van der Waals surface area contributed by atoms with Crippen LogP contribution in [-0.4, -0.2) is 16.1 Å². The lowest BCUT2D eigenvalue weighted by Gasteiger charge is -2.04. The molecule has 0 amide bonds. The molecule has 6 nitrogen and oxygen atoms in total. The first-order valence-electron chi connectivity index (χ1n) is 5.11. The third kappa shape index (κ3) is 2.47. The number of aromatic nitrogens is 1. The van der Waals surface area contributed by atoms with Crippen LogP contribution in [0.3, 0.4) is 0 Å². The normalized spacial score (nSPS) is 9.72. The van der Waals surface area contributed by atoms with Crippen molar-refractivity contribution in [1.82, 2.24) is 4.98 Å². The average Bonchev–Trinajstić information content (AvgIpc) is 2.85. The van der Waals surface area contributed by atoms with Crippen LogP contribution in [0.1, 0.15) is 21.9 Å². The lowest BCUT2D eigenvalue weighted by Crippen LogP contribution is -2.02. The number of nitriles is 1. The van der Waals surface area contributed by atoms with Gasteiger partial charge in [0.2, 0.25) is 5.89 Å². The number of carboxylic acid groups (broad SMARTS) is 1. The molecule has 0 aliphatic heterocycles.